The Morgan fingerprint density at radius 1 is 1.11 bits per heavy atom. The Kier molecular flexibility index (Phi) is 12.5. The first kappa shape index (κ1) is 45.0. The van der Waals surface area contributed by atoms with E-state index in [0.29, 0.717) is 43.8 Å². The number of thiazole rings is 1. The first-order chi connectivity index (χ1) is 30.5. The maximum atomic E-state index is 14.6. The van der Waals surface area contributed by atoms with Gasteiger partial charge in [0.25, 0.3) is 11.8 Å². The molecular formula is C48H58N8O7S. The maximum Gasteiger partial charge on any atom is 0.324 e. The van der Waals surface area contributed by atoms with Gasteiger partial charge in [-0.1, -0.05) is 39.7 Å². The molecule has 0 radical (unpaired) electrons. The van der Waals surface area contributed by atoms with E-state index in [4.69, 9.17) is 19.4 Å². The summed E-state index contributed by atoms with van der Waals surface area (Å²) >= 11 is 1.41. The van der Waals surface area contributed by atoms with Gasteiger partial charge in [0.05, 0.1) is 40.2 Å². The number of esters is 1. The number of likely N-dealkylation sites (tertiary alicyclic amines) is 2. The lowest BCUT2D eigenvalue weighted by Crippen LogP contribution is -2.64. The van der Waals surface area contributed by atoms with Gasteiger partial charge in [-0.3, -0.25) is 34.0 Å². The number of carbonyl (C=O) groups is 5. The van der Waals surface area contributed by atoms with Gasteiger partial charge in [0.2, 0.25) is 11.8 Å². The number of cyclic esters (lactones) is 1. The Balaban J connectivity index is 1.14. The van der Waals surface area contributed by atoms with Crippen LogP contribution in [0.15, 0.2) is 41.9 Å². The molecule has 3 saturated heterocycles. The number of aryl methyl sites for hydroxylation is 1. The van der Waals surface area contributed by atoms with E-state index in [1.54, 1.807) is 30.0 Å². The van der Waals surface area contributed by atoms with E-state index in [0.717, 1.165) is 44.7 Å². The topological polar surface area (TPSA) is 168 Å². The first-order valence-corrected chi connectivity index (χ1v) is 23.0. The van der Waals surface area contributed by atoms with Gasteiger partial charge in [-0.25, -0.2) is 10.4 Å². The fraction of sp³-hybridized carbons (Fsp3) is 0.521. The van der Waals surface area contributed by atoms with Crippen LogP contribution in [-0.2, 0) is 53.3 Å². The quantitative estimate of drug-likeness (QED) is 0.194. The Morgan fingerprint density at radius 2 is 1.89 bits per heavy atom. The Hall–Kier alpha value is -5.63. The molecule has 0 saturated carbocycles. The third kappa shape index (κ3) is 8.41. The molecular weight excluding hydrogens is 833 g/mol. The Morgan fingerprint density at radius 3 is 2.62 bits per heavy atom. The lowest BCUT2D eigenvalue weighted by Gasteiger charge is -2.46. The number of ether oxygens (including phenoxy) is 2. The van der Waals surface area contributed by atoms with Gasteiger partial charge in [-0.05, 0) is 81.2 Å². The highest BCUT2D eigenvalue weighted by Gasteiger charge is 2.58. The van der Waals surface area contributed by atoms with E-state index in [9.17, 15) is 24.0 Å². The van der Waals surface area contributed by atoms with Crippen molar-refractivity contribution in [3.63, 3.8) is 0 Å². The van der Waals surface area contributed by atoms with Crippen molar-refractivity contribution >= 4 is 51.8 Å². The first-order valence-electron chi connectivity index (χ1n) is 22.2. The summed E-state index contributed by atoms with van der Waals surface area (Å²) in [4.78, 5) is 82.5. The normalized spacial score (nSPS) is 21.8. The highest BCUT2D eigenvalue weighted by molar-refractivity contribution is 7.10. The summed E-state index contributed by atoms with van der Waals surface area (Å²) in [5, 5.41) is 8.11. The predicted molar refractivity (Wildman–Crippen MR) is 242 cm³/mol. The maximum absolute atomic E-state index is 14.6. The molecule has 6 bridgehead atoms. The average Bonchev–Trinajstić information content (AvgIpc) is 3.94. The number of fused-ring (bicyclic) bond motifs is 6. The van der Waals surface area contributed by atoms with Crippen molar-refractivity contribution in [3.8, 4) is 34.4 Å². The zero-order chi connectivity index (χ0) is 45.7. The number of pyridine rings is 1. The molecule has 1 spiro atoms. The number of nitrogens with one attached hydrogen (secondary N) is 2. The number of nitrogens with zero attached hydrogens (tertiary/aromatic N) is 6. The standard InChI is InChI=1S/C48H58N8O7S/c1-9-12-39(57)54-25-48(26-54)17-20-55(46(48)61)41(28(2)3)43(58)51-35-22-38-50-36(24-64-38)30-15-16-37-32(21-30)33(42(53(37)7)31-13-10-18-49-40(31)29(4)62-8)23-47(5,6)27-63-45(60)34-14-11-19-56(52-34)44(35)59/h10,13,15-16,18,21,24,28-29,34-35,41,52H,11,14,17,19-20,22-23,25-27H2,1-8H3,(H,51,58)/t29-,34-,35-,41?/m0/s1. The van der Waals surface area contributed by atoms with Crippen LogP contribution in [0.2, 0.25) is 0 Å². The minimum absolute atomic E-state index is 0.0827. The van der Waals surface area contributed by atoms with Gasteiger partial charge >= 0.3 is 5.97 Å². The van der Waals surface area contributed by atoms with Crippen molar-refractivity contribution < 1.29 is 33.4 Å². The van der Waals surface area contributed by atoms with E-state index >= 15 is 0 Å². The van der Waals surface area contributed by atoms with Crippen LogP contribution in [0.5, 0.6) is 0 Å². The molecule has 338 valence electrons. The SMILES string of the molecule is CC#CC(=O)N1CC2(CCN(C(C(=O)N[C@H]3Cc4nc(cs4)-c4ccc5c(c4)c(c(-c4cccnc4[C@H](C)OC)n5C)CC(C)(C)COC(=O)[C@@H]4CCCN(N4)C3=O)C(C)C)C2=O)C1. The molecule has 1 aromatic carbocycles. The fourth-order valence-corrected chi connectivity index (χ4v) is 10.7. The van der Waals surface area contributed by atoms with E-state index < -0.39 is 46.7 Å². The molecule has 4 amide bonds. The molecule has 4 aliphatic heterocycles. The number of methoxy groups -OCH3 is 1. The lowest BCUT2D eigenvalue weighted by molar-refractivity contribution is -0.155. The number of hydrogen-bond acceptors (Lipinski definition) is 11. The second-order valence-electron chi connectivity index (χ2n) is 18.8. The molecule has 4 aliphatic rings. The fourth-order valence-electron chi connectivity index (χ4n) is 9.85. The van der Waals surface area contributed by atoms with Crippen LogP contribution in [0, 0.1) is 28.6 Å². The number of hydrogen-bond donors (Lipinski definition) is 2. The summed E-state index contributed by atoms with van der Waals surface area (Å²) in [6.07, 6.45) is 3.70. The van der Waals surface area contributed by atoms with Crippen LogP contribution >= 0.6 is 11.3 Å². The number of aromatic nitrogens is 3. The number of amides is 4. The highest BCUT2D eigenvalue weighted by atomic mass is 32.1. The van der Waals surface area contributed by atoms with Crippen LogP contribution < -0.4 is 10.7 Å². The molecule has 8 rings (SSSR count). The summed E-state index contributed by atoms with van der Waals surface area (Å²) in [5.41, 5.74) is 8.39. The predicted octanol–water partition coefficient (Wildman–Crippen LogP) is 4.83. The van der Waals surface area contributed by atoms with Gasteiger partial charge < -0.3 is 29.2 Å². The second-order valence-corrected chi connectivity index (χ2v) is 19.8. The van der Waals surface area contributed by atoms with E-state index in [-0.39, 0.29) is 50.0 Å². The van der Waals surface area contributed by atoms with Crippen molar-refractivity contribution in [2.45, 2.75) is 97.9 Å². The average molecular weight is 891 g/mol. The van der Waals surface area contributed by atoms with Gasteiger partial charge in [-0.15, -0.1) is 11.3 Å². The van der Waals surface area contributed by atoms with Crippen molar-refractivity contribution in [3.05, 3.63) is 58.2 Å². The van der Waals surface area contributed by atoms with Crippen LogP contribution in [0.25, 0.3) is 33.4 Å². The smallest absolute Gasteiger partial charge is 0.324 e. The molecule has 4 atom stereocenters. The highest BCUT2D eigenvalue weighted by Crippen LogP contribution is 2.43. The summed E-state index contributed by atoms with van der Waals surface area (Å²) in [6, 6.07) is 7.59. The summed E-state index contributed by atoms with van der Waals surface area (Å²) in [5.74, 6) is 3.07. The van der Waals surface area contributed by atoms with Crippen LogP contribution in [0.3, 0.4) is 0 Å². The van der Waals surface area contributed by atoms with Gasteiger partial charge in [-0.2, -0.15) is 0 Å². The number of rotatable bonds is 7. The molecule has 4 aromatic rings. The number of hydrazine groups is 1. The van der Waals surface area contributed by atoms with E-state index in [1.165, 1.54) is 16.3 Å². The number of carbonyl (C=O) groups excluding carboxylic acids is 5. The van der Waals surface area contributed by atoms with Gasteiger partial charge in [0.15, 0.2) is 0 Å². The second kappa shape index (κ2) is 17.7. The molecule has 16 heteroatoms. The minimum atomic E-state index is -1.07. The van der Waals surface area contributed by atoms with Gasteiger partial charge in [0, 0.05) is 85.8 Å². The Labute approximate surface area is 378 Å². The van der Waals surface area contributed by atoms with Crippen molar-refractivity contribution in [1.82, 2.24) is 40.1 Å². The molecule has 64 heavy (non-hydrogen) atoms. The van der Waals surface area contributed by atoms with Crippen molar-refractivity contribution in [2.75, 3.05) is 39.9 Å². The molecule has 0 aliphatic carbocycles. The summed E-state index contributed by atoms with van der Waals surface area (Å²) < 4.78 is 14.0. The van der Waals surface area contributed by atoms with Crippen LogP contribution in [0.1, 0.15) is 83.2 Å². The van der Waals surface area contributed by atoms with Crippen molar-refractivity contribution in [1.29, 1.82) is 0 Å². The van der Waals surface area contributed by atoms with E-state index in [2.05, 4.69) is 66.2 Å². The third-order valence-corrected chi connectivity index (χ3v) is 14.1. The van der Waals surface area contributed by atoms with E-state index in [1.807, 2.05) is 38.3 Å². The zero-order valence-electron chi connectivity index (χ0n) is 37.9. The van der Waals surface area contributed by atoms with Crippen LogP contribution in [0.4, 0.5) is 0 Å². The lowest BCUT2D eigenvalue weighted by atomic mass is 9.78. The summed E-state index contributed by atoms with van der Waals surface area (Å²) in [7, 11) is 3.73. The summed E-state index contributed by atoms with van der Waals surface area (Å²) in [6.45, 7) is 12.8. The largest absolute Gasteiger partial charge is 0.464 e. The zero-order valence-corrected chi connectivity index (χ0v) is 38.8. The van der Waals surface area contributed by atoms with Gasteiger partial charge in [0.1, 0.15) is 18.1 Å². The molecule has 3 fully saturated rings. The monoisotopic (exact) mass is 890 g/mol. The minimum Gasteiger partial charge on any atom is -0.464 e. The van der Waals surface area contributed by atoms with Crippen molar-refractivity contribution in [2.24, 2.45) is 23.8 Å². The molecule has 2 N–H and O–H groups in total. The molecule has 15 nitrogen and oxygen atoms in total. The third-order valence-electron chi connectivity index (χ3n) is 13.3. The molecule has 1 unspecified atom stereocenters. The molecule has 7 heterocycles. The van der Waals surface area contributed by atoms with Crippen LogP contribution in [-0.4, -0.2) is 117 Å². The molecule has 3 aromatic heterocycles. The Bertz CT molecular complexity index is 2560. The number of benzene rings is 1.